The van der Waals surface area contributed by atoms with Crippen LogP contribution in [0.5, 0.6) is 5.75 Å². The summed E-state index contributed by atoms with van der Waals surface area (Å²) < 4.78 is 6.72. The zero-order valence-corrected chi connectivity index (χ0v) is 13.4. The maximum atomic E-state index is 12.1. The predicted octanol–water partition coefficient (Wildman–Crippen LogP) is 1.98. The number of carbonyl (C=O) groups excluding carboxylic acids is 1. The number of rotatable bonds is 5. The fourth-order valence-corrected chi connectivity index (χ4v) is 2.26. The molecule has 0 saturated heterocycles. The van der Waals surface area contributed by atoms with Gasteiger partial charge in [0.1, 0.15) is 17.8 Å². The van der Waals surface area contributed by atoms with Crippen LogP contribution in [0.2, 0.25) is 0 Å². The minimum Gasteiger partial charge on any atom is -0.497 e. The molecule has 7 heteroatoms. The number of hydrazone groups is 1. The Kier molecular flexibility index (Phi) is 4.51. The molecule has 0 saturated carbocycles. The average molecular weight is 323 g/mol. The van der Waals surface area contributed by atoms with Crippen molar-refractivity contribution in [2.45, 2.75) is 13.5 Å². The standard InChI is InChI=1S/C17H17N5O2/c1-12(13-6-5-7-14(10-13)24-2)18-20-17(23)11-22-16-9-4-3-8-15(16)19-21-22/h3-10H,11H2,1-2H3,(H,20,23)/b18-12+. The molecule has 3 aromatic rings. The third kappa shape index (κ3) is 3.40. The molecule has 0 bridgehead atoms. The van der Waals surface area contributed by atoms with E-state index < -0.39 is 0 Å². The van der Waals surface area contributed by atoms with E-state index in [0.29, 0.717) is 5.71 Å². The van der Waals surface area contributed by atoms with Crippen molar-refractivity contribution in [1.82, 2.24) is 20.4 Å². The first-order chi connectivity index (χ1) is 11.7. The van der Waals surface area contributed by atoms with Crippen LogP contribution in [0.1, 0.15) is 12.5 Å². The first-order valence-electron chi connectivity index (χ1n) is 7.43. The van der Waals surface area contributed by atoms with E-state index in [1.54, 1.807) is 11.8 Å². The van der Waals surface area contributed by atoms with Gasteiger partial charge in [0.25, 0.3) is 5.91 Å². The van der Waals surface area contributed by atoms with E-state index in [4.69, 9.17) is 4.74 Å². The van der Waals surface area contributed by atoms with Gasteiger partial charge in [0, 0.05) is 5.56 Å². The molecule has 0 unspecified atom stereocenters. The van der Waals surface area contributed by atoms with E-state index in [2.05, 4.69) is 20.8 Å². The van der Waals surface area contributed by atoms with E-state index in [1.165, 1.54) is 0 Å². The molecule has 0 fully saturated rings. The summed E-state index contributed by atoms with van der Waals surface area (Å²) in [5.74, 6) is 0.468. The lowest BCUT2D eigenvalue weighted by atomic mass is 10.1. The SMILES string of the molecule is COc1cccc(/C(C)=N/NC(=O)Cn2nnc3ccccc32)c1. The lowest BCUT2D eigenvalue weighted by molar-refractivity contribution is -0.121. The average Bonchev–Trinajstić information content (AvgIpc) is 3.03. The van der Waals surface area contributed by atoms with Crippen LogP contribution in [0.25, 0.3) is 11.0 Å². The van der Waals surface area contributed by atoms with Crippen molar-refractivity contribution in [3.05, 3.63) is 54.1 Å². The number of hydrogen-bond donors (Lipinski definition) is 1. The Bertz CT molecular complexity index is 901. The molecule has 3 rings (SSSR count). The van der Waals surface area contributed by atoms with E-state index >= 15 is 0 Å². The zero-order chi connectivity index (χ0) is 16.9. The predicted molar refractivity (Wildman–Crippen MR) is 90.9 cm³/mol. The highest BCUT2D eigenvalue weighted by Crippen LogP contribution is 2.13. The highest BCUT2D eigenvalue weighted by Gasteiger charge is 2.08. The molecule has 0 aliphatic carbocycles. The third-order valence-electron chi connectivity index (χ3n) is 3.55. The molecule has 0 aliphatic heterocycles. The third-order valence-corrected chi connectivity index (χ3v) is 3.55. The lowest BCUT2D eigenvalue weighted by Crippen LogP contribution is -2.24. The van der Waals surface area contributed by atoms with Gasteiger partial charge in [0.15, 0.2) is 0 Å². The molecule has 1 amide bonds. The minimum atomic E-state index is -0.270. The van der Waals surface area contributed by atoms with Gasteiger partial charge >= 0.3 is 0 Å². The number of amides is 1. The number of benzene rings is 2. The number of methoxy groups -OCH3 is 1. The monoisotopic (exact) mass is 323 g/mol. The molecule has 24 heavy (non-hydrogen) atoms. The van der Waals surface area contributed by atoms with Crippen LogP contribution in [0.4, 0.5) is 0 Å². The maximum absolute atomic E-state index is 12.1. The van der Waals surface area contributed by atoms with Gasteiger partial charge in [0.2, 0.25) is 0 Å². The number of nitrogens with one attached hydrogen (secondary N) is 1. The smallest absolute Gasteiger partial charge is 0.261 e. The zero-order valence-electron chi connectivity index (χ0n) is 13.4. The summed E-state index contributed by atoms with van der Waals surface area (Å²) in [5, 5.41) is 12.1. The Morgan fingerprint density at radius 3 is 2.92 bits per heavy atom. The molecule has 122 valence electrons. The molecular formula is C17H17N5O2. The highest BCUT2D eigenvalue weighted by atomic mass is 16.5. The number of nitrogens with zero attached hydrogens (tertiary/aromatic N) is 4. The second kappa shape index (κ2) is 6.91. The van der Waals surface area contributed by atoms with E-state index in [-0.39, 0.29) is 12.5 Å². The van der Waals surface area contributed by atoms with Crippen LogP contribution in [-0.4, -0.2) is 33.7 Å². The van der Waals surface area contributed by atoms with Crippen molar-refractivity contribution < 1.29 is 9.53 Å². The van der Waals surface area contributed by atoms with Crippen molar-refractivity contribution in [3.8, 4) is 5.75 Å². The summed E-state index contributed by atoms with van der Waals surface area (Å²) in [5.41, 5.74) is 5.66. The largest absolute Gasteiger partial charge is 0.497 e. The Labute approximate surface area is 138 Å². The molecule has 0 spiro atoms. The Morgan fingerprint density at radius 1 is 1.25 bits per heavy atom. The molecule has 7 nitrogen and oxygen atoms in total. The molecule has 2 aromatic carbocycles. The Balaban J connectivity index is 1.68. The Morgan fingerprint density at radius 2 is 2.08 bits per heavy atom. The fraction of sp³-hybridized carbons (Fsp3) is 0.176. The van der Waals surface area contributed by atoms with Crippen LogP contribution in [0.15, 0.2) is 53.6 Å². The summed E-state index contributed by atoms with van der Waals surface area (Å²) in [6.07, 6.45) is 0. The van der Waals surface area contributed by atoms with Crippen molar-refractivity contribution >= 4 is 22.7 Å². The number of fused-ring (bicyclic) bond motifs is 1. The van der Waals surface area contributed by atoms with Gasteiger partial charge in [-0.15, -0.1) is 5.10 Å². The van der Waals surface area contributed by atoms with Crippen LogP contribution >= 0.6 is 0 Å². The van der Waals surface area contributed by atoms with Crippen LogP contribution in [0.3, 0.4) is 0 Å². The summed E-state index contributed by atoms with van der Waals surface area (Å²) in [7, 11) is 1.61. The molecule has 0 aliphatic rings. The quantitative estimate of drug-likeness (QED) is 0.575. The molecule has 0 radical (unpaired) electrons. The van der Waals surface area contributed by atoms with Crippen molar-refractivity contribution in [2.24, 2.45) is 5.10 Å². The van der Waals surface area contributed by atoms with Gasteiger partial charge in [-0.3, -0.25) is 4.79 Å². The molecule has 1 N–H and O–H groups in total. The Hall–Kier alpha value is -3.22. The number of ether oxygens (including phenoxy) is 1. The fourth-order valence-electron chi connectivity index (χ4n) is 2.26. The topological polar surface area (TPSA) is 81.4 Å². The van der Waals surface area contributed by atoms with Gasteiger partial charge in [-0.25, -0.2) is 10.1 Å². The van der Waals surface area contributed by atoms with Crippen molar-refractivity contribution in [1.29, 1.82) is 0 Å². The van der Waals surface area contributed by atoms with Crippen LogP contribution in [0, 0.1) is 0 Å². The number of para-hydroxylation sites is 1. The first-order valence-corrected chi connectivity index (χ1v) is 7.43. The molecular weight excluding hydrogens is 306 g/mol. The normalized spacial score (nSPS) is 11.5. The van der Waals surface area contributed by atoms with E-state index in [9.17, 15) is 4.79 Å². The van der Waals surface area contributed by atoms with Crippen LogP contribution in [-0.2, 0) is 11.3 Å². The molecule has 1 heterocycles. The van der Waals surface area contributed by atoms with Gasteiger partial charge in [0.05, 0.1) is 18.3 Å². The number of carbonyl (C=O) groups is 1. The minimum absolute atomic E-state index is 0.0510. The number of hydrogen-bond acceptors (Lipinski definition) is 5. The van der Waals surface area contributed by atoms with E-state index in [1.807, 2.05) is 55.5 Å². The lowest BCUT2D eigenvalue weighted by Gasteiger charge is -2.05. The van der Waals surface area contributed by atoms with Gasteiger partial charge in [-0.1, -0.05) is 29.5 Å². The number of aromatic nitrogens is 3. The van der Waals surface area contributed by atoms with Crippen molar-refractivity contribution in [2.75, 3.05) is 7.11 Å². The van der Waals surface area contributed by atoms with E-state index in [0.717, 1.165) is 22.3 Å². The second-order valence-electron chi connectivity index (χ2n) is 5.20. The molecule has 1 aromatic heterocycles. The maximum Gasteiger partial charge on any atom is 0.261 e. The second-order valence-corrected chi connectivity index (χ2v) is 5.20. The van der Waals surface area contributed by atoms with Gasteiger partial charge in [-0.05, 0) is 31.2 Å². The molecule has 0 atom stereocenters. The summed E-state index contributed by atoms with van der Waals surface area (Å²) >= 11 is 0. The highest BCUT2D eigenvalue weighted by molar-refractivity contribution is 5.99. The summed E-state index contributed by atoms with van der Waals surface area (Å²) in [4.78, 5) is 12.1. The van der Waals surface area contributed by atoms with Gasteiger partial charge in [-0.2, -0.15) is 5.10 Å². The van der Waals surface area contributed by atoms with Crippen LogP contribution < -0.4 is 10.2 Å². The summed E-state index contributed by atoms with van der Waals surface area (Å²) in [6, 6.07) is 15.0. The van der Waals surface area contributed by atoms with Gasteiger partial charge < -0.3 is 4.74 Å². The first kappa shape index (κ1) is 15.7. The summed E-state index contributed by atoms with van der Waals surface area (Å²) in [6.45, 7) is 1.87. The van der Waals surface area contributed by atoms with Crippen molar-refractivity contribution in [3.63, 3.8) is 0 Å².